The van der Waals surface area contributed by atoms with E-state index in [4.69, 9.17) is 19.3 Å². The molecule has 1 saturated heterocycles. The standard InChI is InChI=1S/C23H27N3O4/c1-28-18-8-9-19(22(14-18)29-2)20-15-21(17-6-4-3-5-7-17)26(24-20)23(27)16-25-10-12-30-13-11-25/h3-9,14,21H,10-13,15-16H2,1-2H3. The Bertz CT molecular complexity index is 910. The van der Waals surface area contributed by atoms with Crippen molar-refractivity contribution in [3.63, 3.8) is 0 Å². The summed E-state index contributed by atoms with van der Waals surface area (Å²) in [7, 11) is 3.25. The summed E-state index contributed by atoms with van der Waals surface area (Å²) in [5.74, 6) is 1.39. The third-order valence-corrected chi connectivity index (χ3v) is 5.53. The lowest BCUT2D eigenvalue weighted by Crippen LogP contribution is -2.43. The molecular weight excluding hydrogens is 382 g/mol. The molecule has 0 radical (unpaired) electrons. The van der Waals surface area contributed by atoms with Crippen LogP contribution in [0.4, 0.5) is 0 Å². The van der Waals surface area contributed by atoms with E-state index in [0.29, 0.717) is 37.7 Å². The maximum absolute atomic E-state index is 13.2. The van der Waals surface area contributed by atoms with Gasteiger partial charge in [-0.25, -0.2) is 5.01 Å². The zero-order chi connectivity index (χ0) is 20.9. The Morgan fingerprint density at radius 1 is 1.10 bits per heavy atom. The Morgan fingerprint density at radius 2 is 1.87 bits per heavy atom. The molecule has 158 valence electrons. The van der Waals surface area contributed by atoms with Crippen LogP contribution in [-0.4, -0.2) is 68.6 Å². The minimum absolute atomic E-state index is 0.00627. The Kier molecular flexibility index (Phi) is 6.30. The highest BCUT2D eigenvalue weighted by Crippen LogP contribution is 2.36. The van der Waals surface area contributed by atoms with Crippen molar-refractivity contribution in [3.05, 3.63) is 59.7 Å². The second-order valence-electron chi connectivity index (χ2n) is 7.37. The summed E-state index contributed by atoms with van der Waals surface area (Å²) < 4.78 is 16.3. The molecule has 0 spiro atoms. The van der Waals surface area contributed by atoms with Crippen LogP contribution in [0.15, 0.2) is 53.6 Å². The molecule has 0 saturated carbocycles. The van der Waals surface area contributed by atoms with Crippen molar-refractivity contribution in [3.8, 4) is 11.5 Å². The number of amides is 1. The average molecular weight is 409 g/mol. The molecule has 1 amide bonds. The molecule has 0 aliphatic carbocycles. The average Bonchev–Trinajstić information content (AvgIpc) is 3.25. The number of hydrazone groups is 1. The third kappa shape index (κ3) is 4.32. The number of carbonyl (C=O) groups excluding carboxylic acids is 1. The number of nitrogens with zero attached hydrogens (tertiary/aromatic N) is 3. The molecular formula is C23H27N3O4. The minimum atomic E-state index is -0.137. The van der Waals surface area contributed by atoms with Crippen molar-refractivity contribution in [1.82, 2.24) is 9.91 Å². The lowest BCUT2D eigenvalue weighted by molar-refractivity contribution is -0.135. The van der Waals surface area contributed by atoms with Gasteiger partial charge in [-0.1, -0.05) is 30.3 Å². The summed E-state index contributed by atoms with van der Waals surface area (Å²) in [6.07, 6.45) is 0.627. The molecule has 2 heterocycles. The van der Waals surface area contributed by atoms with Crippen LogP contribution in [0.1, 0.15) is 23.6 Å². The molecule has 1 fully saturated rings. The Balaban J connectivity index is 1.63. The van der Waals surface area contributed by atoms with E-state index < -0.39 is 0 Å². The highest BCUT2D eigenvalue weighted by atomic mass is 16.5. The molecule has 2 aromatic carbocycles. The van der Waals surface area contributed by atoms with Crippen molar-refractivity contribution in [2.45, 2.75) is 12.5 Å². The van der Waals surface area contributed by atoms with Crippen molar-refractivity contribution in [2.24, 2.45) is 5.10 Å². The van der Waals surface area contributed by atoms with Gasteiger partial charge in [0.15, 0.2) is 0 Å². The first-order chi connectivity index (χ1) is 14.7. The SMILES string of the molecule is COc1ccc(C2=NN(C(=O)CN3CCOCC3)C(c3ccccc3)C2)c(OC)c1. The van der Waals surface area contributed by atoms with E-state index in [-0.39, 0.29) is 11.9 Å². The van der Waals surface area contributed by atoms with Gasteiger partial charge in [0.05, 0.1) is 45.7 Å². The van der Waals surface area contributed by atoms with Gasteiger partial charge < -0.3 is 14.2 Å². The molecule has 0 aromatic heterocycles. The fourth-order valence-electron chi connectivity index (χ4n) is 3.90. The second-order valence-corrected chi connectivity index (χ2v) is 7.37. The Hall–Kier alpha value is -2.90. The lowest BCUT2D eigenvalue weighted by Gasteiger charge is -2.29. The highest BCUT2D eigenvalue weighted by molar-refractivity contribution is 6.05. The predicted molar refractivity (Wildman–Crippen MR) is 114 cm³/mol. The van der Waals surface area contributed by atoms with Gasteiger partial charge in [-0.15, -0.1) is 0 Å². The number of methoxy groups -OCH3 is 2. The van der Waals surface area contributed by atoms with Crippen molar-refractivity contribution in [1.29, 1.82) is 0 Å². The largest absolute Gasteiger partial charge is 0.497 e. The number of carbonyl (C=O) groups is 1. The minimum Gasteiger partial charge on any atom is -0.497 e. The van der Waals surface area contributed by atoms with Gasteiger partial charge in [-0.3, -0.25) is 9.69 Å². The number of benzene rings is 2. The first kappa shape index (κ1) is 20.4. The van der Waals surface area contributed by atoms with Gasteiger partial charge in [0.2, 0.25) is 0 Å². The lowest BCUT2D eigenvalue weighted by atomic mass is 9.98. The van der Waals surface area contributed by atoms with E-state index >= 15 is 0 Å². The monoisotopic (exact) mass is 409 g/mol. The number of morpholine rings is 1. The summed E-state index contributed by atoms with van der Waals surface area (Å²) in [6.45, 7) is 3.18. The first-order valence-corrected chi connectivity index (χ1v) is 10.2. The van der Waals surface area contributed by atoms with Gasteiger partial charge in [-0.05, 0) is 17.7 Å². The first-order valence-electron chi connectivity index (χ1n) is 10.2. The molecule has 2 aromatic rings. The van der Waals surface area contributed by atoms with Crippen LogP contribution in [0, 0.1) is 0 Å². The van der Waals surface area contributed by atoms with Gasteiger partial charge in [0, 0.05) is 31.1 Å². The second kappa shape index (κ2) is 9.28. The molecule has 7 heteroatoms. The van der Waals surface area contributed by atoms with E-state index in [0.717, 1.165) is 29.9 Å². The topological polar surface area (TPSA) is 63.6 Å². The maximum Gasteiger partial charge on any atom is 0.257 e. The van der Waals surface area contributed by atoms with Gasteiger partial charge in [0.1, 0.15) is 11.5 Å². The van der Waals surface area contributed by atoms with Crippen molar-refractivity contribution < 1.29 is 19.0 Å². The van der Waals surface area contributed by atoms with Crippen LogP contribution >= 0.6 is 0 Å². The number of hydrogen-bond acceptors (Lipinski definition) is 6. The molecule has 0 N–H and O–H groups in total. The van der Waals surface area contributed by atoms with E-state index in [1.165, 1.54) is 0 Å². The number of hydrogen-bond donors (Lipinski definition) is 0. The normalized spacial score (nSPS) is 19.5. The molecule has 1 atom stereocenters. The zero-order valence-electron chi connectivity index (χ0n) is 17.4. The zero-order valence-corrected chi connectivity index (χ0v) is 17.4. The fourth-order valence-corrected chi connectivity index (χ4v) is 3.90. The van der Waals surface area contributed by atoms with E-state index in [2.05, 4.69) is 4.90 Å². The van der Waals surface area contributed by atoms with E-state index in [1.54, 1.807) is 19.2 Å². The van der Waals surface area contributed by atoms with E-state index in [9.17, 15) is 4.79 Å². The van der Waals surface area contributed by atoms with Gasteiger partial charge >= 0.3 is 0 Å². The molecule has 30 heavy (non-hydrogen) atoms. The number of ether oxygens (including phenoxy) is 3. The molecule has 2 aliphatic rings. The maximum atomic E-state index is 13.2. The number of rotatable bonds is 6. The Labute approximate surface area is 176 Å². The van der Waals surface area contributed by atoms with Gasteiger partial charge in [-0.2, -0.15) is 5.10 Å². The van der Waals surface area contributed by atoms with E-state index in [1.807, 2.05) is 48.5 Å². The summed E-state index contributed by atoms with van der Waals surface area (Å²) in [6, 6.07) is 15.6. The highest BCUT2D eigenvalue weighted by Gasteiger charge is 2.34. The predicted octanol–water partition coefficient (Wildman–Crippen LogP) is 2.71. The van der Waals surface area contributed by atoms with Crippen LogP contribution in [0.5, 0.6) is 11.5 Å². The third-order valence-electron chi connectivity index (χ3n) is 5.53. The van der Waals surface area contributed by atoms with Crippen LogP contribution < -0.4 is 9.47 Å². The summed E-state index contributed by atoms with van der Waals surface area (Å²) in [5.41, 5.74) is 2.78. The van der Waals surface area contributed by atoms with Crippen LogP contribution in [0.25, 0.3) is 0 Å². The molecule has 1 unspecified atom stereocenters. The fraction of sp³-hybridized carbons (Fsp3) is 0.391. The summed E-state index contributed by atoms with van der Waals surface area (Å²) in [5, 5.41) is 6.41. The van der Waals surface area contributed by atoms with Crippen molar-refractivity contribution >= 4 is 11.6 Å². The van der Waals surface area contributed by atoms with Crippen LogP contribution in [0.2, 0.25) is 0 Å². The van der Waals surface area contributed by atoms with Crippen LogP contribution in [0.3, 0.4) is 0 Å². The Morgan fingerprint density at radius 3 is 2.57 bits per heavy atom. The molecule has 0 bridgehead atoms. The molecule has 2 aliphatic heterocycles. The van der Waals surface area contributed by atoms with Gasteiger partial charge in [0.25, 0.3) is 5.91 Å². The summed E-state index contributed by atoms with van der Waals surface area (Å²) in [4.78, 5) is 15.3. The smallest absolute Gasteiger partial charge is 0.257 e. The van der Waals surface area contributed by atoms with Crippen LogP contribution in [-0.2, 0) is 9.53 Å². The quantitative estimate of drug-likeness (QED) is 0.734. The summed E-state index contributed by atoms with van der Waals surface area (Å²) >= 11 is 0. The van der Waals surface area contributed by atoms with Crippen molar-refractivity contribution in [2.75, 3.05) is 47.1 Å². The molecule has 7 nitrogen and oxygen atoms in total. The molecule has 4 rings (SSSR count).